The Kier molecular flexibility index (Phi) is 7.64. The molecule has 4 nitrogen and oxygen atoms in total. The summed E-state index contributed by atoms with van der Waals surface area (Å²) in [5.41, 5.74) is 1.15. The third-order valence-corrected chi connectivity index (χ3v) is 2.84. The molecule has 0 saturated carbocycles. The molecule has 0 heterocycles. The van der Waals surface area contributed by atoms with Crippen LogP contribution in [0, 0.1) is 0 Å². The number of hydrogen-bond acceptors (Lipinski definition) is 3. The van der Waals surface area contributed by atoms with Gasteiger partial charge >= 0.3 is 0 Å². The molecule has 2 N–H and O–H groups in total. The normalized spacial score (nSPS) is 10.3. The number of carbonyl (C=O) groups is 1. The van der Waals surface area contributed by atoms with E-state index in [1.807, 2.05) is 24.3 Å². The molecule has 0 aromatic heterocycles. The van der Waals surface area contributed by atoms with Gasteiger partial charge in [-0.05, 0) is 24.1 Å². The third-order valence-electron chi connectivity index (χ3n) is 2.35. The molecule has 18 heavy (non-hydrogen) atoms. The molecule has 1 aromatic rings. The Hall–Kier alpha value is -0.910. The van der Waals surface area contributed by atoms with Crippen molar-refractivity contribution in [2.45, 2.75) is 13.0 Å². The molecule has 0 aliphatic rings. The average molecular weight is 315 g/mol. The summed E-state index contributed by atoms with van der Waals surface area (Å²) < 4.78 is 5.95. The lowest BCUT2D eigenvalue weighted by Gasteiger charge is -2.07. The van der Waals surface area contributed by atoms with Crippen molar-refractivity contribution in [3.05, 3.63) is 34.3 Å². The van der Waals surface area contributed by atoms with E-state index in [4.69, 9.17) is 4.74 Å². The number of hydrogen-bond donors (Lipinski definition) is 2. The van der Waals surface area contributed by atoms with Crippen LogP contribution in [0.4, 0.5) is 0 Å². The minimum atomic E-state index is 0.0149. The summed E-state index contributed by atoms with van der Waals surface area (Å²) in [5, 5.41) is 5.93. The second-order valence-corrected chi connectivity index (χ2v) is 4.85. The predicted octanol–water partition coefficient (Wildman–Crippen LogP) is 1.69. The monoisotopic (exact) mass is 314 g/mol. The minimum absolute atomic E-state index is 0.0149. The summed E-state index contributed by atoms with van der Waals surface area (Å²) >= 11 is 3.41. The van der Waals surface area contributed by atoms with Gasteiger partial charge in [0.15, 0.2) is 0 Å². The predicted molar refractivity (Wildman–Crippen MR) is 75.4 cm³/mol. The third kappa shape index (κ3) is 6.74. The van der Waals surface area contributed by atoms with E-state index < -0.39 is 0 Å². The average Bonchev–Trinajstić information content (AvgIpc) is 2.35. The highest BCUT2D eigenvalue weighted by molar-refractivity contribution is 9.10. The highest BCUT2D eigenvalue weighted by Crippen LogP contribution is 2.10. The minimum Gasteiger partial charge on any atom is -0.385 e. The molecule has 0 fully saturated rings. The molecule has 0 bridgehead atoms. The lowest BCUT2D eigenvalue weighted by atomic mass is 10.2. The molecular weight excluding hydrogens is 296 g/mol. The number of halogens is 1. The second-order valence-electron chi connectivity index (χ2n) is 3.93. The van der Waals surface area contributed by atoms with Crippen LogP contribution < -0.4 is 10.6 Å². The van der Waals surface area contributed by atoms with E-state index in [9.17, 15) is 4.79 Å². The Labute approximate surface area is 116 Å². The maximum absolute atomic E-state index is 11.4. The number of benzene rings is 1. The maximum atomic E-state index is 11.4. The molecule has 0 atom stereocenters. The summed E-state index contributed by atoms with van der Waals surface area (Å²) in [5.74, 6) is 0.0149. The van der Waals surface area contributed by atoms with E-state index in [-0.39, 0.29) is 5.91 Å². The van der Waals surface area contributed by atoms with Crippen LogP contribution in [0.5, 0.6) is 0 Å². The molecule has 0 spiro atoms. The van der Waals surface area contributed by atoms with Crippen molar-refractivity contribution < 1.29 is 9.53 Å². The van der Waals surface area contributed by atoms with Crippen LogP contribution in [0.1, 0.15) is 12.0 Å². The molecule has 0 unspecified atom stereocenters. The van der Waals surface area contributed by atoms with Crippen molar-refractivity contribution in [3.63, 3.8) is 0 Å². The molecule has 0 aliphatic heterocycles. The van der Waals surface area contributed by atoms with E-state index in [2.05, 4.69) is 26.6 Å². The Morgan fingerprint density at radius 1 is 1.44 bits per heavy atom. The smallest absolute Gasteiger partial charge is 0.233 e. The quantitative estimate of drug-likeness (QED) is 0.718. The first-order valence-electron chi connectivity index (χ1n) is 5.93. The zero-order chi connectivity index (χ0) is 13.2. The topological polar surface area (TPSA) is 50.4 Å². The lowest BCUT2D eigenvalue weighted by molar-refractivity contribution is -0.120. The van der Waals surface area contributed by atoms with Gasteiger partial charge in [-0.15, -0.1) is 0 Å². The van der Waals surface area contributed by atoms with Crippen LogP contribution in [0.25, 0.3) is 0 Å². The summed E-state index contributed by atoms with van der Waals surface area (Å²) in [7, 11) is 1.65. The Morgan fingerprint density at radius 3 is 3.00 bits per heavy atom. The number of carbonyl (C=O) groups excluding carboxylic acids is 1. The van der Waals surface area contributed by atoms with Crippen molar-refractivity contribution in [2.24, 2.45) is 0 Å². The summed E-state index contributed by atoms with van der Waals surface area (Å²) in [4.78, 5) is 11.4. The number of methoxy groups -OCH3 is 1. The van der Waals surface area contributed by atoms with Crippen LogP contribution in [0.15, 0.2) is 28.7 Å². The largest absolute Gasteiger partial charge is 0.385 e. The van der Waals surface area contributed by atoms with Crippen LogP contribution in [-0.4, -0.2) is 32.7 Å². The summed E-state index contributed by atoms with van der Waals surface area (Å²) in [6, 6.07) is 8.01. The van der Waals surface area contributed by atoms with E-state index in [1.54, 1.807) is 7.11 Å². The number of nitrogens with one attached hydrogen (secondary N) is 2. The molecule has 0 aliphatic carbocycles. The number of amides is 1. The van der Waals surface area contributed by atoms with Gasteiger partial charge in [-0.1, -0.05) is 28.1 Å². The zero-order valence-corrected chi connectivity index (χ0v) is 12.1. The van der Waals surface area contributed by atoms with Gasteiger partial charge in [0.1, 0.15) is 0 Å². The standard InChI is InChI=1S/C13H19BrN2O2/c1-18-7-3-6-16-13(17)10-15-9-11-4-2-5-12(14)8-11/h2,4-5,8,15H,3,6-7,9-10H2,1H3,(H,16,17). The van der Waals surface area contributed by atoms with Gasteiger partial charge in [0, 0.05) is 31.3 Å². The summed E-state index contributed by atoms with van der Waals surface area (Å²) in [6.07, 6.45) is 0.841. The molecule has 1 aromatic carbocycles. The second kappa shape index (κ2) is 9.08. The fraction of sp³-hybridized carbons (Fsp3) is 0.462. The Morgan fingerprint density at radius 2 is 2.28 bits per heavy atom. The molecule has 1 amide bonds. The highest BCUT2D eigenvalue weighted by Gasteiger charge is 2.00. The van der Waals surface area contributed by atoms with Gasteiger partial charge in [0.2, 0.25) is 5.91 Å². The zero-order valence-electron chi connectivity index (χ0n) is 10.5. The molecule has 100 valence electrons. The maximum Gasteiger partial charge on any atom is 0.233 e. The molecule has 1 rings (SSSR count). The van der Waals surface area contributed by atoms with Gasteiger partial charge < -0.3 is 15.4 Å². The van der Waals surface area contributed by atoms with Crippen molar-refractivity contribution >= 4 is 21.8 Å². The highest BCUT2D eigenvalue weighted by atomic mass is 79.9. The van der Waals surface area contributed by atoms with E-state index >= 15 is 0 Å². The van der Waals surface area contributed by atoms with E-state index in [1.165, 1.54) is 0 Å². The Bertz CT molecular complexity index is 372. The lowest BCUT2D eigenvalue weighted by Crippen LogP contribution is -2.34. The van der Waals surface area contributed by atoms with Crippen LogP contribution >= 0.6 is 15.9 Å². The fourth-order valence-electron chi connectivity index (χ4n) is 1.47. The van der Waals surface area contributed by atoms with Crippen molar-refractivity contribution in [1.82, 2.24) is 10.6 Å². The first-order chi connectivity index (χ1) is 8.72. The first-order valence-corrected chi connectivity index (χ1v) is 6.72. The van der Waals surface area contributed by atoms with Crippen molar-refractivity contribution in [2.75, 3.05) is 26.8 Å². The van der Waals surface area contributed by atoms with Gasteiger partial charge in [0.05, 0.1) is 6.54 Å². The van der Waals surface area contributed by atoms with Gasteiger partial charge in [-0.3, -0.25) is 4.79 Å². The van der Waals surface area contributed by atoms with Gasteiger partial charge in [0.25, 0.3) is 0 Å². The van der Waals surface area contributed by atoms with Crippen LogP contribution in [0.2, 0.25) is 0 Å². The first kappa shape index (κ1) is 15.1. The van der Waals surface area contributed by atoms with Crippen molar-refractivity contribution in [3.8, 4) is 0 Å². The van der Waals surface area contributed by atoms with Crippen LogP contribution in [0.3, 0.4) is 0 Å². The fourth-order valence-corrected chi connectivity index (χ4v) is 1.92. The SMILES string of the molecule is COCCCNC(=O)CNCc1cccc(Br)c1. The van der Waals surface area contributed by atoms with Crippen molar-refractivity contribution in [1.29, 1.82) is 0 Å². The Balaban J connectivity index is 2.12. The summed E-state index contributed by atoms with van der Waals surface area (Å²) in [6.45, 7) is 2.35. The number of rotatable bonds is 8. The van der Waals surface area contributed by atoms with Gasteiger partial charge in [-0.2, -0.15) is 0 Å². The number of ether oxygens (including phenoxy) is 1. The molecule has 0 radical (unpaired) electrons. The van der Waals surface area contributed by atoms with Crippen LogP contribution in [-0.2, 0) is 16.1 Å². The van der Waals surface area contributed by atoms with E-state index in [0.29, 0.717) is 26.2 Å². The molecular formula is C13H19BrN2O2. The molecule has 0 saturated heterocycles. The molecule has 5 heteroatoms. The van der Waals surface area contributed by atoms with Gasteiger partial charge in [-0.25, -0.2) is 0 Å². The van der Waals surface area contributed by atoms with E-state index in [0.717, 1.165) is 16.5 Å².